The Morgan fingerprint density at radius 2 is 2.00 bits per heavy atom. The van der Waals surface area contributed by atoms with E-state index in [1.54, 1.807) is 0 Å². The van der Waals surface area contributed by atoms with E-state index in [0.29, 0.717) is 12.5 Å². The molecule has 0 aliphatic rings. The van der Waals surface area contributed by atoms with E-state index in [0.717, 1.165) is 19.5 Å². The van der Waals surface area contributed by atoms with Crippen LogP contribution in [0, 0.1) is 19.8 Å². The number of aliphatic hydroxyl groups excluding tert-OH is 1. The van der Waals surface area contributed by atoms with Gasteiger partial charge in [-0.1, -0.05) is 37.1 Å². The van der Waals surface area contributed by atoms with Gasteiger partial charge in [-0.2, -0.15) is 0 Å². The van der Waals surface area contributed by atoms with Crippen LogP contribution in [-0.4, -0.2) is 18.3 Å². The van der Waals surface area contributed by atoms with Crippen molar-refractivity contribution in [1.82, 2.24) is 5.32 Å². The summed E-state index contributed by atoms with van der Waals surface area (Å²) in [5, 5.41) is 12.6. The molecular weight excluding hydrogens is 222 g/mol. The normalized spacial score (nSPS) is 12.7. The Labute approximate surface area is 111 Å². The van der Waals surface area contributed by atoms with Gasteiger partial charge in [0.25, 0.3) is 0 Å². The van der Waals surface area contributed by atoms with Crippen molar-refractivity contribution in [1.29, 1.82) is 0 Å². The zero-order valence-electron chi connectivity index (χ0n) is 12.0. The van der Waals surface area contributed by atoms with Crippen molar-refractivity contribution in [2.45, 2.75) is 46.6 Å². The number of aryl methyl sites for hydroxylation is 2. The second-order valence-electron chi connectivity index (χ2n) is 5.23. The molecule has 1 atom stereocenters. The first-order valence-corrected chi connectivity index (χ1v) is 7.05. The summed E-state index contributed by atoms with van der Waals surface area (Å²) in [6, 6.07) is 6.59. The highest BCUT2D eigenvalue weighted by Gasteiger charge is 2.07. The van der Waals surface area contributed by atoms with Crippen molar-refractivity contribution in [3.63, 3.8) is 0 Å². The van der Waals surface area contributed by atoms with Gasteiger partial charge in [0.1, 0.15) is 0 Å². The molecule has 0 bridgehead atoms. The number of aliphatic hydroxyl groups is 1. The lowest BCUT2D eigenvalue weighted by Gasteiger charge is -2.16. The SMILES string of the molecule is CCCC(CCO)CNCc1cc(C)ccc1C. The third kappa shape index (κ3) is 5.19. The zero-order valence-corrected chi connectivity index (χ0v) is 12.0. The van der Waals surface area contributed by atoms with Gasteiger partial charge in [-0.15, -0.1) is 0 Å². The largest absolute Gasteiger partial charge is 0.396 e. The molecular formula is C16H27NO. The second kappa shape index (κ2) is 8.28. The summed E-state index contributed by atoms with van der Waals surface area (Å²) in [7, 11) is 0. The first-order valence-electron chi connectivity index (χ1n) is 7.05. The van der Waals surface area contributed by atoms with Crippen LogP contribution in [0.15, 0.2) is 18.2 Å². The lowest BCUT2D eigenvalue weighted by atomic mass is 10.00. The smallest absolute Gasteiger partial charge is 0.0434 e. The van der Waals surface area contributed by atoms with E-state index in [9.17, 15) is 0 Å². The molecule has 0 aliphatic carbocycles. The molecule has 102 valence electrons. The maximum absolute atomic E-state index is 9.03. The zero-order chi connectivity index (χ0) is 13.4. The van der Waals surface area contributed by atoms with Gasteiger partial charge in [0.15, 0.2) is 0 Å². The van der Waals surface area contributed by atoms with Crippen LogP contribution in [0.5, 0.6) is 0 Å². The van der Waals surface area contributed by atoms with Crippen LogP contribution in [0.1, 0.15) is 42.9 Å². The van der Waals surface area contributed by atoms with E-state index >= 15 is 0 Å². The minimum atomic E-state index is 0.301. The monoisotopic (exact) mass is 249 g/mol. The first kappa shape index (κ1) is 15.2. The Morgan fingerprint density at radius 1 is 1.22 bits per heavy atom. The number of rotatable bonds is 8. The van der Waals surface area contributed by atoms with Crippen molar-refractivity contribution < 1.29 is 5.11 Å². The molecule has 0 spiro atoms. The van der Waals surface area contributed by atoms with Crippen LogP contribution in [0.3, 0.4) is 0 Å². The van der Waals surface area contributed by atoms with Crippen LogP contribution in [0.25, 0.3) is 0 Å². The first-order chi connectivity index (χ1) is 8.67. The summed E-state index contributed by atoms with van der Waals surface area (Å²) in [5.41, 5.74) is 4.05. The summed E-state index contributed by atoms with van der Waals surface area (Å²) in [5.74, 6) is 0.602. The molecule has 1 aromatic carbocycles. The van der Waals surface area contributed by atoms with E-state index in [1.807, 2.05) is 0 Å². The highest BCUT2D eigenvalue weighted by molar-refractivity contribution is 5.30. The fourth-order valence-electron chi connectivity index (χ4n) is 2.34. The van der Waals surface area contributed by atoms with E-state index in [2.05, 4.69) is 44.3 Å². The lowest BCUT2D eigenvalue weighted by molar-refractivity contribution is 0.248. The van der Waals surface area contributed by atoms with E-state index in [-0.39, 0.29) is 0 Å². The maximum atomic E-state index is 9.03. The molecule has 0 heterocycles. The van der Waals surface area contributed by atoms with Crippen molar-refractivity contribution in [3.8, 4) is 0 Å². The van der Waals surface area contributed by atoms with Crippen LogP contribution in [0.2, 0.25) is 0 Å². The van der Waals surface area contributed by atoms with Crippen LogP contribution in [-0.2, 0) is 6.54 Å². The van der Waals surface area contributed by atoms with Crippen molar-refractivity contribution in [2.24, 2.45) is 5.92 Å². The Morgan fingerprint density at radius 3 is 2.67 bits per heavy atom. The minimum absolute atomic E-state index is 0.301. The molecule has 2 nitrogen and oxygen atoms in total. The molecule has 2 N–H and O–H groups in total. The van der Waals surface area contributed by atoms with Gasteiger partial charge in [0.05, 0.1) is 0 Å². The van der Waals surface area contributed by atoms with Gasteiger partial charge >= 0.3 is 0 Å². The summed E-state index contributed by atoms with van der Waals surface area (Å²) in [6.45, 7) is 8.73. The molecule has 0 amide bonds. The van der Waals surface area contributed by atoms with E-state index < -0.39 is 0 Å². The lowest BCUT2D eigenvalue weighted by Crippen LogP contribution is -2.23. The van der Waals surface area contributed by atoms with Gasteiger partial charge in [-0.25, -0.2) is 0 Å². The molecule has 1 rings (SSSR count). The van der Waals surface area contributed by atoms with Gasteiger partial charge in [0, 0.05) is 13.2 Å². The highest BCUT2D eigenvalue weighted by atomic mass is 16.3. The van der Waals surface area contributed by atoms with Gasteiger partial charge in [0.2, 0.25) is 0 Å². The fraction of sp³-hybridized carbons (Fsp3) is 0.625. The number of benzene rings is 1. The average Bonchev–Trinajstić information content (AvgIpc) is 2.34. The number of nitrogens with one attached hydrogen (secondary N) is 1. The van der Waals surface area contributed by atoms with E-state index in [4.69, 9.17) is 5.11 Å². The number of hydrogen-bond donors (Lipinski definition) is 2. The molecule has 1 aromatic rings. The van der Waals surface area contributed by atoms with Crippen molar-refractivity contribution in [2.75, 3.05) is 13.2 Å². The average molecular weight is 249 g/mol. The molecule has 0 fully saturated rings. The third-order valence-corrected chi connectivity index (χ3v) is 3.49. The molecule has 0 saturated carbocycles. The van der Waals surface area contributed by atoms with Gasteiger partial charge in [-0.3, -0.25) is 0 Å². The second-order valence-corrected chi connectivity index (χ2v) is 5.23. The Bertz CT molecular complexity index is 343. The minimum Gasteiger partial charge on any atom is -0.396 e. The molecule has 0 aliphatic heterocycles. The molecule has 0 radical (unpaired) electrons. The van der Waals surface area contributed by atoms with E-state index in [1.165, 1.54) is 29.5 Å². The summed E-state index contributed by atoms with van der Waals surface area (Å²) in [4.78, 5) is 0. The van der Waals surface area contributed by atoms with Crippen LogP contribution >= 0.6 is 0 Å². The van der Waals surface area contributed by atoms with Gasteiger partial charge < -0.3 is 10.4 Å². The Hall–Kier alpha value is -0.860. The molecule has 0 aromatic heterocycles. The fourth-order valence-corrected chi connectivity index (χ4v) is 2.34. The highest BCUT2D eigenvalue weighted by Crippen LogP contribution is 2.12. The number of hydrogen-bond acceptors (Lipinski definition) is 2. The summed E-state index contributed by atoms with van der Waals surface area (Å²) in [6.07, 6.45) is 3.30. The van der Waals surface area contributed by atoms with Gasteiger partial charge in [-0.05, 0) is 50.3 Å². The molecule has 18 heavy (non-hydrogen) atoms. The standard InChI is InChI=1S/C16H27NO/c1-4-5-15(8-9-18)11-17-12-16-10-13(2)6-7-14(16)3/h6-7,10,15,17-18H,4-5,8-9,11-12H2,1-3H3. The third-order valence-electron chi connectivity index (χ3n) is 3.49. The van der Waals surface area contributed by atoms with Crippen LogP contribution in [0.4, 0.5) is 0 Å². The quantitative estimate of drug-likeness (QED) is 0.741. The molecule has 1 unspecified atom stereocenters. The summed E-state index contributed by atoms with van der Waals surface area (Å²) >= 11 is 0. The maximum Gasteiger partial charge on any atom is 0.0434 e. The Kier molecular flexibility index (Phi) is 6.99. The predicted octanol–water partition coefficient (Wildman–Crippen LogP) is 3.19. The van der Waals surface area contributed by atoms with Crippen LogP contribution < -0.4 is 5.32 Å². The predicted molar refractivity (Wildman–Crippen MR) is 77.7 cm³/mol. The Balaban J connectivity index is 2.41. The van der Waals surface area contributed by atoms with Crippen molar-refractivity contribution in [3.05, 3.63) is 34.9 Å². The molecule has 2 heteroatoms. The van der Waals surface area contributed by atoms with Crippen molar-refractivity contribution >= 4 is 0 Å². The topological polar surface area (TPSA) is 32.3 Å². The molecule has 0 saturated heterocycles. The summed E-state index contributed by atoms with van der Waals surface area (Å²) < 4.78 is 0.